The van der Waals surface area contributed by atoms with E-state index in [2.05, 4.69) is 15.5 Å². The molecule has 1 amide bonds. The van der Waals surface area contributed by atoms with Crippen LogP contribution in [0, 0.1) is 0 Å². The normalized spacial score (nSPS) is 13.0. The Morgan fingerprint density at radius 2 is 2.27 bits per heavy atom. The summed E-state index contributed by atoms with van der Waals surface area (Å²) in [6, 6.07) is 0.634. The van der Waals surface area contributed by atoms with Gasteiger partial charge in [0.05, 0.1) is 19.2 Å². The maximum absolute atomic E-state index is 12.6. The highest BCUT2D eigenvalue weighted by Crippen LogP contribution is 2.32. The first kappa shape index (κ1) is 16.3. The lowest BCUT2D eigenvalue weighted by molar-refractivity contribution is -0.140. The molecule has 0 aromatic carbocycles. The van der Waals surface area contributed by atoms with Crippen molar-refractivity contribution in [2.75, 3.05) is 7.11 Å². The van der Waals surface area contributed by atoms with Crippen molar-refractivity contribution < 1.29 is 27.2 Å². The number of ether oxygens (including phenoxy) is 1. The molecule has 120 valence electrons. The van der Waals surface area contributed by atoms with Gasteiger partial charge in [-0.15, -0.1) is 11.3 Å². The van der Waals surface area contributed by atoms with Gasteiger partial charge < -0.3 is 14.6 Å². The van der Waals surface area contributed by atoms with Gasteiger partial charge in [-0.05, 0) is 11.6 Å². The number of thiazole rings is 1. The van der Waals surface area contributed by atoms with Gasteiger partial charge in [-0.2, -0.15) is 13.2 Å². The minimum Gasteiger partial charge on any atom is -0.479 e. The Kier molecular flexibility index (Phi) is 4.69. The highest BCUT2D eigenvalue weighted by atomic mass is 32.1. The van der Waals surface area contributed by atoms with Crippen LogP contribution in [0.4, 0.5) is 13.2 Å². The van der Waals surface area contributed by atoms with Crippen LogP contribution in [0.1, 0.15) is 40.6 Å². The summed E-state index contributed by atoms with van der Waals surface area (Å²) < 4.78 is 47.2. The van der Waals surface area contributed by atoms with Crippen LogP contribution in [-0.2, 0) is 6.18 Å². The molecule has 0 saturated carbocycles. The quantitative estimate of drug-likeness (QED) is 0.909. The molecule has 1 atom stereocenters. The van der Waals surface area contributed by atoms with Crippen LogP contribution in [0.5, 0.6) is 5.88 Å². The number of nitrogens with one attached hydrogen (secondary N) is 1. The molecule has 0 aliphatic carbocycles. The molecule has 0 saturated heterocycles. The Morgan fingerprint density at radius 3 is 2.77 bits per heavy atom. The molecule has 2 rings (SSSR count). The molecule has 0 bridgehead atoms. The Labute approximate surface area is 127 Å². The van der Waals surface area contributed by atoms with Gasteiger partial charge >= 0.3 is 6.18 Å². The first-order chi connectivity index (χ1) is 10.3. The van der Waals surface area contributed by atoms with Crippen LogP contribution >= 0.6 is 11.3 Å². The first-order valence-electron chi connectivity index (χ1n) is 6.19. The molecule has 0 spiro atoms. The Bertz CT molecular complexity index is 653. The van der Waals surface area contributed by atoms with Gasteiger partial charge in [-0.1, -0.05) is 6.92 Å². The van der Waals surface area contributed by atoms with E-state index in [1.54, 1.807) is 6.92 Å². The van der Waals surface area contributed by atoms with Crippen molar-refractivity contribution in [1.82, 2.24) is 15.5 Å². The number of carbonyl (C=O) groups is 1. The predicted molar refractivity (Wildman–Crippen MR) is 70.7 cm³/mol. The van der Waals surface area contributed by atoms with Gasteiger partial charge in [-0.25, -0.2) is 4.98 Å². The molecular weight excluding hydrogens is 323 g/mol. The third-order valence-corrected chi connectivity index (χ3v) is 3.70. The van der Waals surface area contributed by atoms with Crippen molar-refractivity contribution in [2.24, 2.45) is 0 Å². The van der Waals surface area contributed by atoms with Crippen LogP contribution < -0.4 is 10.1 Å². The highest BCUT2D eigenvalue weighted by Gasteiger charge is 2.34. The van der Waals surface area contributed by atoms with E-state index >= 15 is 0 Å². The summed E-state index contributed by atoms with van der Waals surface area (Å²) in [5, 5.41) is 7.13. The summed E-state index contributed by atoms with van der Waals surface area (Å²) >= 11 is 0.839. The van der Waals surface area contributed by atoms with E-state index in [0.29, 0.717) is 6.42 Å². The molecule has 22 heavy (non-hydrogen) atoms. The zero-order valence-corrected chi connectivity index (χ0v) is 12.4. The lowest BCUT2D eigenvalue weighted by Crippen LogP contribution is -2.27. The van der Waals surface area contributed by atoms with E-state index in [4.69, 9.17) is 9.26 Å². The summed E-state index contributed by atoms with van der Waals surface area (Å²) in [5.41, 5.74) is -0.971. The standard InChI is InChI=1S/C12H12F3N3O3S/c1-3-6(11-17-8(5-22-11)12(13,14)15)16-10(19)7-4-9(20-2)18-21-7/h4-6H,3H2,1-2H3,(H,16,19). The minimum atomic E-state index is -4.50. The average molecular weight is 335 g/mol. The number of hydrogen-bond acceptors (Lipinski definition) is 6. The molecular formula is C12H12F3N3O3S. The number of amides is 1. The van der Waals surface area contributed by atoms with E-state index in [-0.39, 0.29) is 16.6 Å². The average Bonchev–Trinajstić information content (AvgIpc) is 3.12. The van der Waals surface area contributed by atoms with Crippen LogP contribution in [0.2, 0.25) is 0 Å². The molecule has 2 heterocycles. The third kappa shape index (κ3) is 3.56. The molecule has 6 nitrogen and oxygen atoms in total. The largest absolute Gasteiger partial charge is 0.479 e. The summed E-state index contributed by atoms with van der Waals surface area (Å²) in [6.07, 6.45) is -4.13. The van der Waals surface area contributed by atoms with Crippen molar-refractivity contribution in [1.29, 1.82) is 0 Å². The van der Waals surface area contributed by atoms with Crippen molar-refractivity contribution in [2.45, 2.75) is 25.6 Å². The molecule has 0 fully saturated rings. The number of aromatic nitrogens is 2. The molecule has 0 aliphatic rings. The van der Waals surface area contributed by atoms with Crippen molar-refractivity contribution in [3.8, 4) is 5.88 Å². The molecule has 0 aliphatic heterocycles. The molecule has 10 heteroatoms. The van der Waals surface area contributed by atoms with E-state index in [1.165, 1.54) is 13.2 Å². The number of rotatable bonds is 5. The summed E-state index contributed by atoms with van der Waals surface area (Å²) in [4.78, 5) is 15.5. The summed E-state index contributed by atoms with van der Waals surface area (Å²) in [7, 11) is 1.36. The van der Waals surface area contributed by atoms with Gasteiger partial charge in [0.25, 0.3) is 11.8 Å². The predicted octanol–water partition coefficient (Wildman–Crippen LogP) is 3.04. The van der Waals surface area contributed by atoms with Crippen LogP contribution in [0.25, 0.3) is 0 Å². The maximum Gasteiger partial charge on any atom is 0.434 e. The zero-order chi connectivity index (χ0) is 16.3. The van der Waals surface area contributed by atoms with Gasteiger partial charge in [0.15, 0.2) is 5.69 Å². The minimum absolute atomic E-state index is 0.0945. The number of halogens is 3. The summed E-state index contributed by atoms with van der Waals surface area (Å²) in [6.45, 7) is 1.72. The van der Waals surface area contributed by atoms with E-state index in [1.807, 2.05) is 0 Å². The third-order valence-electron chi connectivity index (χ3n) is 2.75. The Morgan fingerprint density at radius 1 is 1.55 bits per heavy atom. The van der Waals surface area contributed by atoms with Crippen LogP contribution in [0.15, 0.2) is 16.0 Å². The number of methoxy groups -OCH3 is 1. The van der Waals surface area contributed by atoms with E-state index in [0.717, 1.165) is 16.7 Å². The van der Waals surface area contributed by atoms with Crippen LogP contribution in [-0.4, -0.2) is 23.2 Å². The fourth-order valence-electron chi connectivity index (χ4n) is 1.61. The van der Waals surface area contributed by atoms with Gasteiger partial charge in [0.1, 0.15) is 5.01 Å². The van der Waals surface area contributed by atoms with Gasteiger partial charge in [0.2, 0.25) is 5.76 Å². The lowest BCUT2D eigenvalue weighted by atomic mass is 10.2. The second kappa shape index (κ2) is 6.34. The smallest absolute Gasteiger partial charge is 0.434 e. The van der Waals surface area contributed by atoms with E-state index < -0.39 is 23.8 Å². The van der Waals surface area contributed by atoms with Gasteiger partial charge in [0, 0.05) is 5.38 Å². The number of alkyl halides is 3. The van der Waals surface area contributed by atoms with Gasteiger partial charge in [-0.3, -0.25) is 4.79 Å². The number of hydrogen-bond donors (Lipinski definition) is 1. The molecule has 2 aromatic heterocycles. The maximum atomic E-state index is 12.6. The summed E-state index contributed by atoms with van der Waals surface area (Å²) in [5.74, 6) is -0.568. The zero-order valence-electron chi connectivity index (χ0n) is 11.6. The van der Waals surface area contributed by atoms with Crippen molar-refractivity contribution >= 4 is 17.2 Å². The fraction of sp³-hybridized carbons (Fsp3) is 0.417. The first-order valence-corrected chi connectivity index (χ1v) is 7.07. The van der Waals surface area contributed by atoms with Crippen LogP contribution in [0.3, 0.4) is 0 Å². The van der Waals surface area contributed by atoms with E-state index in [9.17, 15) is 18.0 Å². The fourth-order valence-corrected chi connectivity index (χ4v) is 2.57. The Balaban J connectivity index is 2.11. The van der Waals surface area contributed by atoms with Crippen molar-refractivity contribution in [3.05, 3.63) is 27.9 Å². The lowest BCUT2D eigenvalue weighted by Gasteiger charge is -2.13. The SMILES string of the molecule is CCC(NC(=O)c1cc(OC)no1)c1nc(C(F)(F)F)cs1. The molecule has 2 aromatic rings. The highest BCUT2D eigenvalue weighted by molar-refractivity contribution is 7.09. The topological polar surface area (TPSA) is 77.2 Å². The number of carbonyl (C=O) groups excluding carboxylic acids is 1. The second-order valence-electron chi connectivity index (χ2n) is 4.24. The van der Waals surface area contributed by atoms with Crippen molar-refractivity contribution in [3.63, 3.8) is 0 Å². The number of nitrogens with zero attached hydrogens (tertiary/aromatic N) is 2. The molecule has 1 unspecified atom stereocenters. The monoisotopic (exact) mass is 335 g/mol. The Hall–Kier alpha value is -2.10. The molecule has 1 N–H and O–H groups in total. The second-order valence-corrected chi connectivity index (χ2v) is 5.13. The molecule has 0 radical (unpaired) electrons.